The van der Waals surface area contributed by atoms with Crippen LogP contribution in [-0.4, -0.2) is 4.98 Å². The fourth-order valence-electron chi connectivity index (χ4n) is 1.61. The van der Waals surface area contributed by atoms with Crippen LogP contribution in [0.15, 0.2) is 53.6 Å². The number of benzene rings is 1. The number of hydrogen-bond acceptors (Lipinski definition) is 2. The SMILES string of the molecule is c1cnc2ccc(-[n+]3ccsc3)cc2c1. The number of rotatable bonds is 1. The molecule has 0 aliphatic heterocycles. The average Bonchev–Trinajstić information content (AvgIpc) is 2.82. The normalized spacial score (nSPS) is 10.7. The zero-order chi connectivity index (χ0) is 10.1. The summed E-state index contributed by atoms with van der Waals surface area (Å²) in [5, 5.41) is 3.24. The van der Waals surface area contributed by atoms with Gasteiger partial charge in [-0.25, -0.2) is 0 Å². The van der Waals surface area contributed by atoms with Gasteiger partial charge in [-0.15, -0.1) is 0 Å². The minimum Gasteiger partial charge on any atom is -0.256 e. The van der Waals surface area contributed by atoms with Gasteiger partial charge in [0.1, 0.15) is 0 Å². The van der Waals surface area contributed by atoms with E-state index in [0.29, 0.717) is 0 Å². The van der Waals surface area contributed by atoms with Gasteiger partial charge >= 0.3 is 0 Å². The van der Waals surface area contributed by atoms with Gasteiger partial charge in [0.05, 0.1) is 10.9 Å². The molecule has 0 saturated heterocycles. The smallest absolute Gasteiger partial charge is 0.230 e. The molecule has 0 aliphatic rings. The molecule has 2 nitrogen and oxygen atoms in total. The highest BCUT2D eigenvalue weighted by Gasteiger charge is 2.06. The number of nitrogens with zero attached hydrogens (tertiary/aromatic N) is 2. The highest BCUT2D eigenvalue weighted by atomic mass is 32.1. The first-order valence-electron chi connectivity index (χ1n) is 4.72. The summed E-state index contributed by atoms with van der Waals surface area (Å²) in [5.74, 6) is 0. The maximum absolute atomic E-state index is 4.30. The number of aromatic nitrogens is 2. The Morgan fingerprint density at radius 3 is 3.07 bits per heavy atom. The molecule has 3 aromatic rings. The molecule has 2 aromatic heterocycles. The Balaban J connectivity index is 2.22. The molecule has 0 fully saturated rings. The van der Waals surface area contributed by atoms with E-state index in [1.54, 1.807) is 11.3 Å². The largest absolute Gasteiger partial charge is 0.256 e. The lowest BCUT2D eigenvalue weighted by Crippen LogP contribution is -2.25. The van der Waals surface area contributed by atoms with Crippen LogP contribution in [-0.2, 0) is 0 Å². The Morgan fingerprint density at radius 2 is 2.20 bits per heavy atom. The first-order chi connectivity index (χ1) is 7.43. The predicted molar refractivity (Wildman–Crippen MR) is 61.2 cm³/mol. The van der Waals surface area contributed by atoms with Crippen molar-refractivity contribution < 1.29 is 4.57 Å². The highest BCUT2D eigenvalue weighted by molar-refractivity contribution is 7.07. The third-order valence-electron chi connectivity index (χ3n) is 2.36. The fraction of sp³-hybridized carbons (Fsp3) is 0. The molecular formula is C12H9N2S+. The van der Waals surface area contributed by atoms with E-state index < -0.39 is 0 Å². The van der Waals surface area contributed by atoms with E-state index in [0.717, 1.165) is 5.52 Å². The standard InChI is InChI=1S/C12H9N2S/c1-2-10-8-11(14-6-7-15-9-14)3-4-12(10)13-5-1/h1-9H/q+1. The maximum atomic E-state index is 4.30. The highest BCUT2D eigenvalue weighted by Crippen LogP contribution is 2.13. The van der Waals surface area contributed by atoms with Crippen molar-refractivity contribution in [1.82, 2.24) is 4.98 Å². The van der Waals surface area contributed by atoms with Crippen LogP contribution in [0.5, 0.6) is 0 Å². The minimum absolute atomic E-state index is 1.04. The Morgan fingerprint density at radius 1 is 1.20 bits per heavy atom. The van der Waals surface area contributed by atoms with E-state index >= 15 is 0 Å². The summed E-state index contributed by atoms with van der Waals surface area (Å²) in [4.78, 5) is 4.30. The quantitative estimate of drug-likeness (QED) is 0.568. The summed E-state index contributed by atoms with van der Waals surface area (Å²) in [6.07, 6.45) is 3.88. The van der Waals surface area contributed by atoms with Crippen LogP contribution in [0.1, 0.15) is 0 Å². The summed E-state index contributed by atoms with van der Waals surface area (Å²) in [5.41, 5.74) is 4.30. The number of thiazole rings is 1. The van der Waals surface area contributed by atoms with Gasteiger partial charge in [0.15, 0.2) is 6.20 Å². The van der Waals surface area contributed by atoms with E-state index in [1.807, 2.05) is 12.3 Å². The summed E-state index contributed by atoms with van der Waals surface area (Å²) in [6, 6.07) is 10.3. The molecule has 0 amide bonds. The zero-order valence-corrected chi connectivity index (χ0v) is 8.82. The lowest BCUT2D eigenvalue weighted by atomic mass is 10.2. The minimum atomic E-state index is 1.04. The van der Waals surface area contributed by atoms with Gasteiger partial charge in [0.2, 0.25) is 11.2 Å². The molecule has 0 bridgehead atoms. The maximum Gasteiger partial charge on any atom is 0.230 e. The first kappa shape index (κ1) is 8.56. The van der Waals surface area contributed by atoms with Crippen molar-refractivity contribution >= 4 is 22.2 Å². The number of fused-ring (bicyclic) bond motifs is 1. The third-order valence-corrected chi connectivity index (χ3v) is 2.99. The molecule has 3 rings (SSSR count). The Bertz CT molecular complexity index is 587. The van der Waals surface area contributed by atoms with Crippen LogP contribution >= 0.6 is 11.3 Å². The molecule has 1 aromatic carbocycles. The van der Waals surface area contributed by atoms with Crippen molar-refractivity contribution in [3.05, 3.63) is 53.6 Å². The van der Waals surface area contributed by atoms with Crippen LogP contribution in [0.3, 0.4) is 0 Å². The fourth-order valence-corrected chi connectivity index (χ4v) is 2.20. The number of pyridine rings is 1. The Labute approximate surface area is 91.5 Å². The summed E-state index contributed by atoms with van der Waals surface area (Å²) in [7, 11) is 0. The topological polar surface area (TPSA) is 16.8 Å². The molecule has 0 radical (unpaired) electrons. The van der Waals surface area contributed by atoms with Crippen molar-refractivity contribution in [3.8, 4) is 5.69 Å². The van der Waals surface area contributed by atoms with Gasteiger partial charge in [-0.1, -0.05) is 17.4 Å². The Hall–Kier alpha value is -1.74. The molecule has 0 spiro atoms. The van der Waals surface area contributed by atoms with Gasteiger partial charge in [-0.3, -0.25) is 4.98 Å². The van der Waals surface area contributed by atoms with Crippen LogP contribution in [0.2, 0.25) is 0 Å². The predicted octanol–water partition coefficient (Wildman–Crippen LogP) is 2.57. The number of hydrogen-bond donors (Lipinski definition) is 0. The summed E-state index contributed by atoms with van der Waals surface area (Å²) >= 11 is 1.69. The van der Waals surface area contributed by atoms with Crippen molar-refractivity contribution in [2.45, 2.75) is 0 Å². The van der Waals surface area contributed by atoms with E-state index in [-0.39, 0.29) is 0 Å². The average molecular weight is 213 g/mol. The second-order valence-electron chi connectivity index (χ2n) is 3.31. The molecule has 0 saturated carbocycles. The zero-order valence-electron chi connectivity index (χ0n) is 8.00. The van der Waals surface area contributed by atoms with Crippen molar-refractivity contribution in [1.29, 1.82) is 0 Å². The molecule has 3 heteroatoms. The lowest BCUT2D eigenvalue weighted by molar-refractivity contribution is -0.590. The monoisotopic (exact) mass is 213 g/mol. The van der Waals surface area contributed by atoms with E-state index in [9.17, 15) is 0 Å². The Kier molecular flexibility index (Phi) is 1.96. The van der Waals surface area contributed by atoms with Crippen LogP contribution < -0.4 is 4.57 Å². The molecule has 0 atom stereocenters. The lowest BCUT2D eigenvalue weighted by Gasteiger charge is -1.96. The molecule has 0 unspecified atom stereocenters. The van der Waals surface area contributed by atoms with Crippen LogP contribution in [0.25, 0.3) is 16.6 Å². The third kappa shape index (κ3) is 1.51. The van der Waals surface area contributed by atoms with Gasteiger partial charge in [0.25, 0.3) is 0 Å². The summed E-state index contributed by atoms with van der Waals surface area (Å²) < 4.78 is 2.11. The van der Waals surface area contributed by atoms with Crippen molar-refractivity contribution in [2.75, 3.05) is 0 Å². The second-order valence-corrected chi connectivity index (χ2v) is 4.07. The van der Waals surface area contributed by atoms with Gasteiger partial charge in [-0.2, -0.15) is 4.57 Å². The van der Waals surface area contributed by atoms with Gasteiger partial charge in [-0.05, 0) is 12.1 Å². The molecule has 0 aliphatic carbocycles. The molecule has 0 N–H and O–H groups in total. The van der Waals surface area contributed by atoms with Gasteiger partial charge < -0.3 is 0 Å². The van der Waals surface area contributed by atoms with Crippen LogP contribution in [0.4, 0.5) is 0 Å². The molecule has 2 heterocycles. The first-order valence-corrected chi connectivity index (χ1v) is 5.66. The second kappa shape index (κ2) is 3.44. The van der Waals surface area contributed by atoms with Gasteiger partial charge in [0, 0.05) is 23.7 Å². The van der Waals surface area contributed by atoms with E-state index in [1.165, 1.54) is 11.1 Å². The van der Waals surface area contributed by atoms with E-state index in [4.69, 9.17) is 0 Å². The molecular weight excluding hydrogens is 204 g/mol. The van der Waals surface area contributed by atoms with Crippen molar-refractivity contribution in [2.24, 2.45) is 0 Å². The molecule has 72 valence electrons. The van der Waals surface area contributed by atoms with Crippen LogP contribution in [0, 0.1) is 0 Å². The van der Waals surface area contributed by atoms with E-state index in [2.05, 4.69) is 50.9 Å². The van der Waals surface area contributed by atoms with Crippen molar-refractivity contribution in [3.63, 3.8) is 0 Å². The summed E-state index contributed by atoms with van der Waals surface area (Å²) in [6.45, 7) is 0. The molecule has 15 heavy (non-hydrogen) atoms.